The highest BCUT2D eigenvalue weighted by molar-refractivity contribution is 9.10. The van der Waals surface area contributed by atoms with Crippen LogP contribution in [0.3, 0.4) is 0 Å². The molecule has 1 atom stereocenters. The number of hydrogen-bond donors (Lipinski definition) is 1. The zero-order valence-electron chi connectivity index (χ0n) is 6.02. The van der Waals surface area contributed by atoms with Crippen molar-refractivity contribution in [1.29, 1.82) is 0 Å². The molecule has 3 heteroatoms. The number of aliphatic hydroxyl groups excluding tert-OH is 1. The first-order valence-corrected chi connectivity index (χ1v) is 3.76. The monoisotopic (exact) mass is 196 g/mol. The van der Waals surface area contributed by atoms with Crippen LogP contribution in [-0.2, 0) is 4.74 Å². The van der Waals surface area contributed by atoms with E-state index in [1.165, 1.54) is 0 Å². The lowest BCUT2D eigenvalue weighted by molar-refractivity contribution is -0.109. The molecule has 2 nitrogen and oxygen atoms in total. The number of rotatable bonds is 3. The van der Waals surface area contributed by atoms with Crippen LogP contribution in [0.5, 0.6) is 0 Å². The summed E-state index contributed by atoms with van der Waals surface area (Å²) in [5.41, 5.74) is 0. The fourth-order valence-electron chi connectivity index (χ4n) is 0.356. The van der Waals surface area contributed by atoms with Crippen LogP contribution in [0.4, 0.5) is 0 Å². The topological polar surface area (TPSA) is 29.5 Å². The molecule has 0 saturated heterocycles. The van der Waals surface area contributed by atoms with Gasteiger partial charge in [0.15, 0.2) is 6.29 Å². The van der Waals surface area contributed by atoms with Gasteiger partial charge in [-0.1, -0.05) is 15.9 Å². The van der Waals surface area contributed by atoms with Gasteiger partial charge in [0.05, 0.1) is 4.32 Å². The van der Waals surface area contributed by atoms with E-state index < -0.39 is 6.29 Å². The summed E-state index contributed by atoms with van der Waals surface area (Å²) in [7, 11) is 0. The van der Waals surface area contributed by atoms with E-state index in [-0.39, 0.29) is 4.32 Å². The van der Waals surface area contributed by atoms with Gasteiger partial charge in [0, 0.05) is 6.61 Å². The quantitative estimate of drug-likeness (QED) is 0.549. The Hall–Kier alpha value is 0.400. The Kier molecular flexibility index (Phi) is 3.70. The fourth-order valence-corrected chi connectivity index (χ4v) is 0.488. The molecule has 0 radical (unpaired) electrons. The summed E-state index contributed by atoms with van der Waals surface area (Å²) in [6.07, 6.45) is -0.720. The van der Waals surface area contributed by atoms with Crippen molar-refractivity contribution in [2.75, 3.05) is 6.61 Å². The summed E-state index contributed by atoms with van der Waals surface area (Å²) in [5, 5.41) is 9.12. The third-order valence-corrected chi connectivity index (χ3v) is 1.30. The lowest BCUT2D eigenvalue weighted by Gasteiger charge is -2.22. The Morgan fingerprint density at radius 3 is 2.22 bits per heavy atom. The number of alkyl halides is 1. The molecule has 0 aliphatic carbocycles. The van der Waals surface area contributed by atoms with Crippen LogP contribution in [0.2, 0.25) is 0 Å². The maximum atomic E-state index is 9.12. The van der Waals surface area contributed by atoms with Gasteiger partial charge >= 0.3 is 0 Å². The molecule has 56 valence electrons. The van der Waals surface area contributed by atoms with Crippen LogP contribution >= 0.6 is 15.9 Å². The van der Waals surface area contributed by atoms with Crippen LogP contribution in [0.25, 0.3) is 0 Å². The van der Waals surface area contributed by atoms with Gasteiger partial charge in [-0.05, 0) is 20.8 Å². The first kappa shape index (κ1) is 9.40. The van der Waals surface area contributed by atoms with Gasteiger partial charge < -0.3 is 9.84 Å². The Morgan fingerprint density at radius 1 is 1.67 bits per heavy atom. The van der Waals surface area contributed by atoms with Crippen LogP contribution in [0, 0.1) is 0 Å². The summed E-state index contributed by atoms with van der Waals surface area (Å²) in [5.74, 6) is 0. The molecular weight excluding hydrogens is 184 g/mol. The molecule has 0 saturated carbocycles. The van der Waals surface area contributed by atoms with Crippen LogP contribution in [-0.4, -0.2) is 22.3 Å². The van der Waals surface area contributed by atoms with Crippen LogP contribution in [0.15, 0.2) is 0 Å². The normalized spacial score (nSPS) is 15.7. The highest BCUT2D eigenvalue weighted by atomic mass is 79.9. The van der Waals surface area contributed by atoms with E-state index in [1.54, 1.807) is 0 Å². The Balaban J connectivity index is 3.59. The molecular formula is C6H13BrO2. The second-order valence-electron chi connectivity index (χ2n) is 2.37. The van der Waals surface area contributed by atoms with Crippen molar-refractivity contribution in [3.63, 3.8) is 0 Å². The second-order valence-corrected chi connectivity index (χ2v) is 4.42. The maximum Gasteiger partial charge on any atom is 0.169 e. The molecule has 1 unspecified atom stereocenters. The van der Waals surface area contributed by atoms with Gasteiger partial charge in [0.25, 0.3) is 0 Å². The second kappa shape index (κ2) is 3.54. The molecule has 0 bridgehead atoms. The summed E-state index contributed by atoms with van der Waals surface area (Å²) >= 11 is 3.27. The zero-order valence-corrected chi connectivity index (χ0v) is 7.60. The molecule has 0 aromatic heterocycles. The molecule has 0 aromatic carbocycles. The smallest absolute Gasteiger partial charge is 0.169 e. The minimum atomic E-state index is -0.720. The van der Waals surface area contributed by atoms with E-state index in [4.69, 9.17) is 9.84 Å². The summed E-state index contributed by atoms with van der Waals surface area (Å²) < 4.78 is 4.57. The Bertz CT molecular complexity index is 77.6. The lowest BCUT2D eigenvalue weighted by atomic mass is 10.2. The van der Waals surface area contributed by atoms with Gasteiger partial charge in [0.1, 0.15) is 0 Å². The van der Waals surface area contributed by atoms with Gasteiger partial charge in [-0.2, -0.15) is 0 Å². The van der Waals surface area contributed by atoms with E-state index in [1.807, 2.05) is 20.8 Å². The highest BCUT2D eigenvalue weighted by Gasteiger charge is 2.23. The van der Waals surface area contributed by atoms with E-state index in [2.05, 4.69) is 15.9 Å². The highest BCUT2D eigenvalue weighted by Crippen LogP contribution is 2.21. The largest absolute Gasteiger partial charge is 0.367 e. The summed E-state index contributed by atoms with van der Waals surface area (Å²) in [6, 6.07) is 0. The molecule has 0 aliphatic heterocycles. The Morgan fingerprint density at radius 2 is 2.11 bits per heavy atom. The minimum absolute atomic E-state index is 0.344. The lowest BCUT2D eigenvalue weighted by Crippen LogP contribution is -2.32. The number of hydrogen-bond acceptors (Lipinski definition) is 2. The minimum Gasteiger partial charge on any atom is -0.367 e. The average Bonchev–Trinajstić information content (AvgIpc) is 1.64. The summed E-state index contributed by atoms with van der Waals surface area (Å²) in [4.78, 5) is 0. The maximum absolute atomic E-state index is 9.12. The Labute approximate surface area is 64.3 Å². The van der Waals surface area contributed by atoms with Crippen LogP contribution in [0.1, 0.15) is 20.8 Å². The molecule has 0 spiro atoms. The predicted octanol–water partition coefficient (Wildman–Crippen LogP) is 1.51. The van der Waals surface area contributed by atoms with E-state index in [9.17, 15) is 0 Å². The van der Waals surface area contributed by atoms with Crippen LogP contribution < -0.4 is 0 Å². The van der Waals surface area contributed by atoms with Crippen molar-refractivity contribution in [1.82, 2.24) is 0 Å². The molecule has 0 rings (SSSR count). The third-order valence-electron chi connectivity index (χ3n) is 0.912. The number of halogens is 1. The number of ether oxygens (including phenoxy) is 1. The van der Waals surface area contributed by atoms with E-state index in [0.717, 1.165) is 0 Å². The standard InChI is InChI=1S/C6H13BrO2/c1-4-9-5(8)6(2,3)7/h5,8H,4H2,1-3H3. The van der Waals surface area contributed by atoms with Gasteiger partial charge in [-0.15, -0.1) is 0 Å². The average molecular weight is 197 g/mol. The predicted molar refractivity (Wildman–Crippen MR) is 40.6 cm³/mol. The fraction of sp³-hybridized carbons (Fsp3) is 1.00. The first-order valence-electron chi connectivity index (χ1n) is 2.97. The molecule has 0 amide bonds. The third kappa shape index (κ3) is 3.89. The molecule has 1 N–H and O–H groups in total. The van der Waals surface area contributed by atoms with Crippen molar-refractivity contribution in [3.8, 4) is 0 Å². The molecule has 0 fully saturated rings. The van der Waals surface area contributed by atoms with Crippen molar-refractivity contribution >= 4 is 15.9 Å². The zero-order chi connectivity index (χ0) is 7.49. The molecule has 9 heavy (non-hydrogen) atoms. The molecule has 0 aromatic rings. The molecule has 0 aliphatic rings. The van der Waals surface area contributed by atoms with Gasteiger partial charge in [0.2, 0.25) is 0 Å². The van der Waals surface area contributed by atoms with Crippen molar-refractivity contribution in [2.24, 2.45) is 0 Å². The molecule has 0 heterocycles. The van der Waals surface area contributed by atoms with Crippen molar-refractivity contribution < 1.29 is 9.84 Å². The summed E-state index contributed by atoms with van der Waals surface area (Å²) in [6.45, 7) is 6.10. The first-order chi connectivity index (χ1) is 3.98. The van der Waals surface area contributed by atoms with E-state index in [0.29, 0.717) is 6.61 Å². The van der Waals surface area contributed by atoms with Gasteiger partial charge in [-0.3, -0.25) is 0 Å². The van der Waals surface area contributed by atoms with Gasteiger partial charge in [-0.25, -0.2) is 0 Å². The number of aliphatic hydroxyl groups is 1. The van der Waals surface area contributed by atoms with Crippen molar-refractivity contribution in [3.05, 3.63) is 0 Å². The van der Waals surface area contributed by atoms with Crippen molar-refractivity contribution in [2.45, 2.75) is 31.4 Å². The SMILES string of the molecule is CCOC(O)C(C)(C)Br. The van der Waals surface area contributed by atoms with E-state index >= 15 is 0 Å².